The minimum Gasteiger partial charge on any atom is -0.488 e. The number of benzene rings is 4. The van der Waals surface area contributed by atoms with Gasteiger partial charge in [-0.25, -0.2) is 12.8 Å². The van der Waals surface area contributed by atoms with Crippen molar-refractivity contribution >= 4 is 21.6 Å². The molecule has 2 N–H and O–H groups in total. The van der Waals surface area contributed by atoms with Crippen LogP contribution in [0.2, 0.25) is 0 Å². The summed E-state index contributed by atoms with van der Waals surface area (Å²) in [4.78, 5) is 17.4. The highest BCUT2D eigenvalue weighted by atomic mass is 32.2. The predicted molar refractivity (Wildman–Crippen MR) is 174 cm³/mol. The Bertz CT molecular complexity index is 1740. The summed E-state index contributed by atoms with van der Waals surface area (Å²) in [5, 5.41) is 9.97. The first-order chi connectivity index (χ1) is 22.0. The molecule has 0 aliphatic carbocycles. The average Bonchev–Trinajstić information content (AvgIpc) is 3.04. The molecular formula is C35H38FN3O6S. The third-order valence-corrected chi connectivity index (χ3v) is 9.28. The summed E-state index contributed by atoms with van der Waals surface area (Å²) in [5.74, 6) is 0.804. The molecule has 0 saturated carbocycles. The van der Waals surface area contributed by atoms with E-state index in [1.807, 2.05) is 68.6 Å². The molecule has 0 bridgehead atoms. The van der Waals surface area contributed by atoms with E-state index in [0.29, 0.717) is 25.4 Å². The van der Waals surface area contributed by atoms with E-state index in [1.54, 1.807) is 17.9 Å². The Hall–Kier alpha value is -4.45. The van der Waals surface area contributed by atoms with Crippen LogP contribution in [0.5, 0.6) is 17.2 Å². The predicted octanol–water partition coefficient (Wildman–Crippen LogP) is 5.77. The Balaban J connectivity index is 1.34. The average molecular weight is 648 g/mol. The standard InChI is InChI=1S/C35H38FN3O6S/c1-24-20-39(25(2)23-40)35(41)32-19-28(37-46(42,43)31-16-11-27(36)12-17-31)13-18-33(32)45-34(24)22-38(3)21-26-9-14-30(15-10-26)44-29-7-5-4-6-8-29/h4-19,24-25,34,37,40H,20-23H2,1-3H3/t24-,25+,34+/m1/s1. The smallest absolute Gasteiger partial charge is 0.261 e. The van der Waals surface area contributed by atoms with Crippen LogP contribution >= 0.6 is 0 Å². The Morgan fingerprint density at radius 1 is 1.02 bits per heavy atom. The number of nitrogens with one attached hydrogen (secondary N) is 1. The van der Waals surface area contributed by atoms with Crippen molar-refractivity contribution in [1.29, 1.82) is 0 Å². The maximum Gasteiger partial charge on any atom is 0.261 e. The van der Waals surface area contributed by atoms with Gasteiger partial charge in [0.15, 0.2) is 0 Å². The van der Waals surface area contributed by atoms with Gasteiger partial charge in [0, 0.05) is 31.2 Å². The number of para-hydroxylation sites is 1. The molecule has 242 valence electrons. The van der Waals surface area contributed by atoms with Crippen LogP contribution in [-0.2, 0) is 16.6 Å². The molecule has 1 heterocycles. The summed E-state index contributed by atoms with van der Waals surface area (Å²) in [6, 6.07) is 26.0. The first kappa shape index (κ1) is 32.9. The van der Waals surface area contributed by atoms with Gasteiger partial charge in [-0.15, -0.1) is 0 Å². The first-order valence-electron chi connectivity index (χ1n) is 15.0. The van der Waals surface area contributed by atoms with E-state index in [4.69, 9.17) is 9.47 Å². The summed E-state index contributed by atoms with van der Waals surface area (Å²) >= 11 is 0. The first-order valence-corrected chi connectivity index (χ1v) is 16.5. The number of aliphatic hydroxyl groups is 1. The number of nitrogens with zero attached hydrogens (tertiary/aromatic N) is 2. The van der Waals surface area contributed by atoms with Gasteiger partial charge in [-0.1, -0.05) is 37.3 Å². The zero-order valence-electron chi connectivity index (χ0n) is 26.0. The number of fused-ring (bicyclic) bond motifs is 1. The summed E-state index contributed by atoms with van der Waals surface area (Å²) in [6.07, 6.45) is -0.326. The second-order valence-corrected chi connectivity index (χ2v) is 13.3. The minimum absolute atomic E-state index is 0.0909. The number of halogens is 1. The van der Waals surface area contributed by atoms with Gasteiger partial charge in [0.05, 0.1) is 23.1 Å². The van der Waals surface area contributed by atoms with E-state index in [9.17, 15) is 22.7 Å². The van der Waals surface area contributed by atoms with Gasteiger partial charge in [0.1, 0.15) is 29.2 Å². The lowest BCUT2D eigenvalue weighted by Crippen LogP contribution is -2.49. The van der Waals surface area contributed by atoms with E-state index in [1.165, 1.54) is 24.3 Å². The second-order valence-electron chi connectivity index (χ2n) is 11.6. The topological polar surface area (TPSA) is 108 Å². The van der Waals surface area contributed by atoms with Crippen LogP contribution in [0, 0.1) is 11.7 Å². The number of carbonyl (C=O) groups excluding carboxylic acids is 1. The Morgan fingerprint density at radius 3 is 2.37 bits per heavy atom. The summed E-state index contributed by atoms with van der Waals surface area (Å²) < 4.78 is 54.1. The molecule has 5 rings (SSSR count). The lowest BCUT2D eigenvalue weighted by molar-refractivity contribution is 0.0341. The molecule has 0 radical (unpaired) electrons. The molecule has 0 saturated heterocycles. The fourth-order valence-electron chi connectivity index (χ4n) is 5.30. The molecule has 4 aromatic rings. The van der Waals surface area contributed by atoms with Crippen LogP contribution in [0.1, 0.15) is 29.8 Å². The molecular weight excluding hydrogens is 609 g/mol. The number of rotatable bonds is 11. The number of sulfonamides is 1. The van der Waals surface area contributed by atoms with Gasteiger partial charge < -0.3 is 19.5 Å². The Labute approximate surface area is 269 Å². The van der Waals surface area contributed by atoms with Gasteiger partial charge in [0.25, 0.3) is 15.9 Å². The number of ether oxygens (including phenoxy) is 2. The summed E-state index contributed by atoms with van der Waals surface area (Å²) in [5.41, 5.74) is 1.41. The minimum atomic E-state index is -4.05. The Kier molecular flexibility index (Phi) is 10.3. The van der Waals surface area contributed by atoms with Crippen LogP contribution in [-0.4, -0.2) is 68.1 Å². The zero-order chi connectivity index (χ0) is 32.8. The molecule has 1 aliphatic heterocycles. The number of anilines is 1. The van der Waals surface area contributed by atoms with E-state index >= 15 is 0 Å². The maximum atomic E-state index is 13.8. The lowest BCUT2D eigenvalue weighted by atomic mass is 9.99. The van der Waals surface area contributed by atoms with Crippen LogP contribution in [0.15, 0.2) is 102 Å². The van der Waals surface area contributed by atoms with Crippen LogP contribution < -0.4 is 14.2 Å². The highest BCUT2D eigenvalue weighted by molar-refractivity contribution is 7.92. The largest absolute Gasteiger partial charge is 0.488 e. The molecule has 3 atom stereocenters. The second kappa shape index (κ2) is 14.3. The highest BCUT2D eigenvalue weighted by Gasteiger charge is 2.34. The molecule has 11 heteroatoms. The van der Waals surface area contributed by atoms with Crippen LogP contribution in [0.4, 0.5) is 10.1 Å². The zero-order valence-corrected chi connectivity index (χ0v) is 26.8. The van der Waals surface area contributed by atoms with Crippen LogP contribution in [0.25, 0.3) is 0 Å². The molecule has 1 amide bonds. The fraction of sp³-hybridized carbons (Fsp3) is 0.286. The number of amides is 1. The number of carbonyl (C=O) groups is 1. The van der Waals surface area contributed by atoms with Crippen molar-refractivity contribution in [3.05, 3.63) is 114 Å². The lowest BCUT2D eigenvalue weighted by Gasteiger charge is -2.38. The quantitative estimate of drug-likeness (QED) is 0.213. The molecule has 4 aromatic carbocycles. The highest BCUT2D eigenvalue weighted by Crippen LogP contribution is 2.32. The fourth-order valence-corrected chi connectivity index (χ4v) is 6.35. The third kappa shape index (κ3) is 8.03. The van der Waals surface area contributed by atoms with E-state index in [-0.39, 0.29) is 40.7 Å². The van der Waals surface area contributed by atoms with Crippen molar-refractivity contribution in [2.24, 2.45) is 5.92 Å². The Morgan fingerprint density at radius 2 is 1.70 bits per heavy atom. The number of hydrogen-bond acceptors (Lipinski definition) is 7. The van der Waals surface area contributed by atoms with Gasteiger partial charge in [-0.05, 0) is 86.3 Å². The van der Waals surface area contributed by atoms with E-state index in [0.717, 1.165) is 29.2 Å². The monoisotopic (exact) mass is 647 g/mol. The van der Waals surface area contributed by atoms with Gasteiger partial charge in [-0.3, -0.25) is 14.4 Å². The molecule has 46 heavy (non-hydrogen) atoms. The van der Waals surface area contributed by atoms with Crippen molar-refractivity contribution in [3.8, 4) is 17.2 Å². The maximum absolute atomic E-state index is 13.8. The number of likely N-dealkylation sites (N-methyl/N-ethyl adjacent to an activating group) is 1. The van der Waals surface area contributed by atoms with Gasteiger partial charge >= 0.3 is 0 Å². The van der Waals surface area contributed by atoms with Crippen LogP contribution in [0.3, 0.4) is 0 Å². The van der Waals surface area contributed by atoms with Crippen molar-refractivity contribution < 1.29 is 32.2 Å². The molecule has 0 spiro atoms. The van der Waals surface area contributed by atoms with Crippen molar-refractivity contribution in [2.75, 3.05) is 31.5 Å². The molecule has 0 aromatic heterocycles. The number of aliphatic hydroxyl groups excluding tert-OH is 1. The van der Waals surface area contributed by atoms with E-state index in [2.05, 4.69) is 9.62 Å². The SMILES string of the molecule is C[C@@H]1CN([C@@H](C)CO)C(=O)c2cc(NS(=O)(=O)c3ccc(F)cc3)ccc2O[C@H]1CN(C)Cc1ccc(Oc2ccccc2)cc1. The molecule has 1 aliphatic rings. The van der Waals surface area contributed by atoms with Crippen molar-refractivity contribution in [1.82, 2.24) is 9.80 Å². The van der Waals surface area contributed by atoms with E-state index < -0.39 is 21.9 Å². The summed E-state index contributed by atoms with van der Waals surface area (Å²) in [7, 11) is -2.05. The number of hydrogen-bond donors (Lipinski definition) is 2. The van der Waals surface area contributed by atoms with Crippen molar-refractivity contribution in [3.63, 3.8) is 0 Å². The normalized spacial score (nSPS) is 17.4. The van der Waals surface area contributed by atoms with Gasteiger partial charge in [0.2, 0.25) is 0 Å². The molecule has 0 fully saturated rings. The van der Waals surface area contributed by atoms with Crippen molar-refractivity contribution in [2.45, 2.75) is 37.4 Å². The molecule has 0 unspecified atom stereocenters. The third-order valence-electron chi connectivity index (χ3n) is 7.89. The van der Waals surface area contributed by atoms with Gasteiger partial charge in [-0.2, -0.15) is 0 Å². The molecule has 9 nitrogen and oxygen atoms in total. The summed E-state index contributed by atoms with van der Waals surface area (Å²) in [6.45, 7) is 5.05.